The first-order valence-electron chi connectivity index (χ1n) is 6.42. The molecule has 0 aromatic heterocycles. The van der Waals surface area contributed by atoms with Gasteiger partial charge in [-0.15, -0.1) is 6.58 Å². The molecule has 0 aliphatic rings. The van der Waals surface area contributed by atoms with Crippen molar-refractivity contribution < 1.29 is 19.1 Å². The van der Waals surface area contributed by atoms with Crippen molar-refractivity contribution in [3.63, 3.8) is 0 Å². The number of hydrogen-bond acceptors (Lipinski definition) is 4. The zero-order chi connectivity index (χ0) is 14.8. The monoisotopic (exact) mass is 277 g/mol. The largest absolute Gasteiger partial charge is 0.464 e. The average Bonchev–Trinajstić information content (AvgIpc) is 2.46. The lowest BCUT2D eigenvalue weighted by Gasteiger charge is -2.15. The van der Waals surface area contributed by atoms with Crippen molar-refractivity contribution in [2.45, 2.75) is 26.0 Å². The van der Waals surface area contributed by atoms with E-state index in [0.717, 1.165) is 5.56 Å². The highest BCUT2D eigenvalue weighted by molar-refractivity contribution is 5.81. The first-order valence-corrected chi connectivity index (χ1v) is 6.42. The van der Waals surface area contributed by atoms with Crippen molar-refractivity contribution in [1.29, 1.82) is 0 Å². The van der Waals surface area contributed by atoms with E-state index in [1.54, 1.807) is 13.0 Å². The molecule has 1 N–H and O–H groups in total. The van der Waals surface area contributed by atoms with E-state index >= 15 is 0 Å². The van der Waals surface area contributed by atoms with Gasteiger partial charge in [0.15, 0.2) is 0 Å². The van der Waals surface area contributed by atoms with Crippen molar-refractivity contribution in [3.8, 4) is 0 Å². The second kappa shape index (κ2) is 8.74. The summed E-state index contributed by atoms with van der Waals surface area (Å²) >= 11 is 0. The second-order valence-electron chi connectivity index (χ2n) is 4.04. The van der Waals surface area contributed by atoms with Gasteiger partial charge in [-0.25, -0.2) is 9.59 Å². The Morgan fingerprint density at radius 1 is 1.30 bits per heavy atom. The van der Waals surface area contributed by atoms with Crippen LogP contribution in [0.4, 0.5) is 4.79 Å². The molecular weight excluding hydrogens is 258 g/mol. The Morgan fingerprint density at radius 2 is 2.00 bits per heavy atom. The molecule has 1 rings (SSSR count). The molecule has 1 aromatic carbocycles. The summed E-state index contributed by atoms with van der Waals surface area (Å²) in [5.74, 6) is -0.496. The van der Waals surface area contributed by atoms with E-state index in [2.05, 4.69) is 11.9 Å². The topological polar surface area (TPSA) is 64.6 Å². The normalized spacial score (nSPS) is 11.2. The van der Waals surface area contributed by atoms with Crippen molar-refractivity contribution >= 4 is 12.1 Å². The summed E-state index contributed by atoms with van der Waals surface area (Å²) < 4.78 is 9.90. The maximum Gasteiger partial charge on any atom is 0.408 e. The molecular formula is C15H19NO4. The molecule has 0 saturated heterocycles. The number of nitrogens with one attached hydrogen (secondary N) is 1. The fourth-order valence-corrected chi connectivity index (χ4v) is 1.53. The van der Waals surface area contributed by atoms with Crippen molar-refractivity contribution in [2.24, 2.45) is 0 Å². The summed E-state index contributed by atoms with van der Waals surface area (Å²) in [6.07, 6.45) is 1.17. The second-order valence-corrected chi connectivity index (χ2v) is 4.04. The van der Waals surface area contributed by atoms with Crippen LogP contribution in [0.5, 0.6) is 0 Å². The summed E-state index contributed by atoms with van der Waals surface area (Å²) in [6, 6.07) is 8.52. The third-order valence-electron chi connectivity index (χ3n) is 2.48. The summed E-state index contributed by atoms with van der Waals surface area (Å²) in [5, 5.41) is 2.47. The van der Waals surface area contributed by atoms with Crippen molar-refractivity contribution in [1.82, 2.24) is 5.32 Å². The fourth-order valence-electron chi connectivity index (χ4n) is 1.53. The zero-order valence-corrected chi connectivity index (χ0v) is 11.5. The lowest BCUT2D eigenvalue weighted by molar-refractivity contribution is -0.145. The Labute approximate surface area is 118 Å². The Bertz CT molecular complexity index is 444. The van der Waals surface area contributed by atoms with Gasteiger partial charge in [0, 0.05) is 0 Å². The molecule has 0 spiro atoms. The molecule has 0 saturated carbocycles. The van der Waals surface area contributed by atoms with Crippen LogP contribution >= 0.6 is 0 Å². The molecule has 20 heavy (non-hydrogen) atoms. The van der Waals surface area contributed by atoms with Gasteiger partial charge in [0.05, 0.1) is 6.61 Å². The van der Waals surface area contributed by atoms with E-state index in [0.29, 0.717) is 6.42 Å². The number of carbonyl (C=O) groups is 2. The molecule has 5 nitrogen and oxygen atoms in total. The van der Waals surface area contributed by atoms with Gasteiger partial charge in [-0.3, -0.25) is 0 Å². The summed E-state index contributed by atoms with van der Waals surface area (Å²) in [6.45, 7) is 5.66. The maximum absolute atomic E-state index is 11.6. The molecule has 0 heterocycles. The van der Waals surface area contributed by atoms with E-state index in [1.165, 1.54) is 0 Å². The Morgan fingerprint density at radius 3 is 2.60 bits per heavy atom. The molecule has 0 radical (unpaired) electrons. The molecule has 5 heteroatoms. The third-order valence-corrected chi connectivity index (χ3v) is 2.48. The van der Waals surface area contributed by atoms with Gasteiger partial charge in [0.25, 0.3) is 0 Å². The van der Waals surface area contributed by atoms with E-state index in [9.17, 15) is 9.59 Å². The van der Waals surface area contributed by atoms with Gasteiger partial charge in [-0.05, 0) is 18.9 Å². The van der Waals surface area contributed by atoms with Gasteiger partial charge in [0.1, 0.15) is 12.6 Å². The van der Waals surface area contributed by atoms with Gasteiger partial charge < -0.3 is 14.8 Å². The highest BCUT2D eigenvalue weighted by Crippen LogP contribution is 2.02. The number of ether oxygens (including phenoxy) is 2. The summed E-state index contributed by atoms with van der Waals surface area (Å²) in [5.41, 5.74) is 0.874. The number of alkyl carbamates (subject to hydrolysis) is 1. The first-order chi connectivity index (χ1) is 9.67. The van der Waals surface area contributed by atoms with Gasteiger partial charge in [0.2, 0.25) is 0 Å². The number of carbonyl (C=O) groups excluding carboxylic acids is 2. The van der Waals surface area contributed by atoms with E-state index in [1.807, 2.05) is 30.3 Å². The summed E-state index contributed by atoms with van der Waals surface area (Å²) in [7, 11) is 0. The minimum Gasteiger partial charge on any atom is -0.464 e. The molecule has 0 aliphatic heterocycles. The molecule has 0 bridgehead atoms. The van der Waals surface area contributed by atoms with Crippen LogP contribution in [0.1, 0.15) is 18.9 Å². The molecule has 108 valence electrons. The predicted octanol–water partition coefficient (Wildman–Crippen LogP) is 2.42. The predicted molar refractivity (Wildman–Crippen MR) is 75.0 cm³/mol. The van der Waals surface area contributed by atoms with Crippen LogP contribution in [0.25, 0.3) is 0 Å². The van der Waals surface area contributed by atoms with Crippen molar-refractivity contribution in [3.05, 3.63) is 48.6 Å². The Kier molecular flexibility index (Phi) is 6.89. The highest BCUT2D eigenvalue weighted by atomic mass is 16.6. The Hall–Kier alpha value is -2.30. The van der Waals surface area contributed by atoms with E-state index in [4.69, 9.17) is 9.47 Å². The van der Waals surface area contributed by atoms with Crippen LogP contribution in [0.2, 0.25) is 0 Å². The highest BCUT2D eigenvalue weighted by Gasteiger charge is 2.21. The van der Waals surface area contributed by atoms with Crippen LogP contribution < -0.4 is 5.32 Å². The van der Waals surface area contributed by atoms with Crippen LogP contribution in [0, 0.1) is 0 Å². The quantitative estimate of drug-likeness (QED) is 0.614. The maximum atomic E-state index is 11.6. The molecule has 1 atom stereocenters. The average molecular weight is 277 g/mol. The van der Waals surface area contributed by atoms with Crippen LogP contribution in [-0.2, 0) is 20.9 Å². The van der Waals surface area contributed by atoms with Crippen LogP contribution in [0.15, 0.2) is 43.0 Å². The minimum absolute atomic E-state index is 0.149. The number of benzene rings is 1. The fraction of sp³-hybridized carbons (Fsp3) is 0.333. The Balaban J connectivity index is 2.45. The smallest absolute Gasteiger partial charge is 0.408 e. The van der Waals surface area contributed by atoms with Crippen molar-refractivity contribution in [2.75, 3.05) is 6.61 Å². The first kappa shape index (κ1) is 15.8. The number of esters is 1. The third kappa shape index (κ3) is 5.56. The number of hydrogen-bond donors (Lipinski definition) is 1. The lowest BCUT2D eigenvalue weighted by atomic mass is 10.2. The summed E-state index contributed by atoms with van der Waals surface area (Å²) in [4.78, 5) is 23.2. The molecule has 0 fully saturated rings. The van der Waals surface area contributed by atoms with Gasteiger partial charge >= 0.3 is 12.1 Å². The molecule has 1 aromatic rings. The molecule has 1 unspecified atom stereocenters. The number of rotatable bonds is 7. The standard InChI is InChI=1S/C15H19NO4/c1-3-8-13(14(17)19-4-2)16-15(18)20-11-12-9-6-5-7-10-12/h3,5-7,9-10,13H,1,4,8,11H2,2H3,(H,16,18). The van der Waals surface area contributed by atoms with Crippen LogP contribution in [-0.4, -0.2) is 24.7 Å². The molecule has 1 amide bonds. The zero-order valence-electron chi connectivity index (χ0n) is 11.5. The van der Waals surface area contributed by atoms with Gasteiger partial charge in [-0.1, -0.05) is 36.4 Å². The molecule has 0 aliphatic carbocycles. The van der Waals surface area contributed by atoms with Gasteiger partial charge in [-0.2, -0.15) is 0 Å². The van der Waals surface area contributed by atoms with Crippen LogP contribution in [0.3, 0.4) is 0 Å². The SMILES string of the molecule is C=CCC(NC(=O)OCc1ccccc1)C(=O)OCC. The van der Waals surface area contributed by atoms with E-state index < -0.39 is 18.1 Å². The lowest BCUT2D eigenvalue weighted by Crippen LogP contribution is -2.41. The minimum atomic E-state index is -0.768. The number of amides is 1. The van der Waals surface area contributed by atoms with E-state index in [-0.39, 0.29) is 13.2 Å².